The third-order valence-electron chi connectivity index (χ3n) is 4.53. The fraction of sp³-hybridized carbons (Fsp3) is 0.0870. The van der Waals surface area contributed by atoms with Crippen LogP contribution in [0, 0.1) is 0 Å². The van der Waals surface area contributed by atoms with Gasteiger partial charge in [-0.1, -0.05) is 84.6 Å². The molecule has 1 amide bonds. The van der Waals surface area contributed by atoms with E-state index in [1.165, 1.54) is 6.33 Å². The molecule has 1 heterocycles. The van der Waals surface area contributed by atoms with Gasteiger partial charge < -0.3 is 5.32 Å². The number of thioether (sulfide) groups is 1. The normalized spacial score (nSPS) is 10.8. The molecule has 0 unspecified atom stereocenters. The molecule has 29 heavy (non-hydrogen) atoms. The predicted molar refractivity (Wildman–Crippen MR) is 115 cm³/mol. The molecule has 144 valence electrons. The number of carbonyl (C=O) groups excluding carboxylic acids is 1. The van der Waals surface area contributed by atoms with E-state index in [4.69, 9.17) is 0 Å². The molecular formula is C23H20N4OS. The van der Waals surface area contributed by atoms with Crippen LogP contribution in [-0.2, 0) is 5.75 Å². The molecule has 1 aromatic heterocycles. The number of benzene rings is 3. The molecule has 3 aromatic carbocycles. The highest BCUT2D eigenvalue weighted by Crippen LogP contribution is 2.23. The summed E-state index contributed by atoms with van der Waals surface area (Å²) in [4.78, 5) is 17.0. The molecule has 4 rings (SSSR count). The summed E-state index contributed by atoms with van der Waals surface area (Å²) in [5.74, 6) is 0.658. The van der Waals surface area contributed by atoms with E-state index in [9.17, 15) is 4.79 Å². The van der Waals surface area contributed by atoms with Crippen molar-refractivity contribution in [1.82, 2.24) is 20.5 Å². The van der Waals surface area contributed by atoms with Crippen molar-refractivity contribution in [1.29, 1.82) is 0 Å². The molecule has 0 saturated carbocycles. The molecule has 0 saturated heterocycles. The number of hydrogen-bond donors (Lipinski definition) is 2. The van der Waals surface area contributed by atoms with Crippen molar-refractivity contribution in [3.63, 3.8) is 0 Å². The van der Waals surface area contributed by atoms with Crippen molar-refractivity contribution in [3.8, 4) is 0 Å². The molecule has 0 radical (unpaired) electrons. The van der Waals surface area contributed by atoms with Crippen molar-refractivity contribution in [2.75, 3.05) is 0 Å². The van der Waals surface area contributed by atoms with Crippen LogP contribution >= 0.6 is 11.8 Å². The van der Waals surface area contributed by atoms with Crippen molar-refractivity contribution in [2.24, 2.45) is 0 Å². The quantitative estimate of drug-likeness (QED) is 0.444. The first-order valence-corrected chi connectivity index (χ1v) is 10.3. The van der Waals surface area contributed by atoms with E-state index in [0.717, 1.165) is 27.6 Å². The van der Waals surface area contributed by atoms with E-state index < -0.39 is 0 Å². The molecule has 4 aromatic rings. The molecule has 0 aliphatic heterocycles. The predicted octanol–water partition coefficient (Wildman–Crippen LogP) is 4.62. The third kappa shape index (κ3) is 4.92. The van der Waals surface area contributed by atoms with Gasteiger partial charge in [-0.2, -0.15) is 5.10 Å². The highest BCUT2D eigenvalue weighted by Gasteiger charge is 2.17. The average Bonchev–Trinajstić information content (AvgIpc) is 3.31. The Bertz CT molecular complexity index is 996. The van der Waals surface area contributed by atoms with Crippen LogP contribution in [0.25, 0.3) is 0 Å². The summed E-state index contributed by atoms with van der Waals surface area (Å²) in [5.41, 5.74) is 3.85. The lowest BCUT2D eigenvalue weighted by molar-refractivity contribution is 0.0943. The van der Waals surface area contributed by atoms with Gasteiger partial charge >= 0.3 is 0 Å². The Kier molecular flexibility index (Phi) is 6.02. The van der Waals surface area contributed by atoms with E-state index in [0.29, 0.717) is 5.56 Å². The van der Waals surface area contributed by atoms with Gasteiger partial charge in [0.15, 0.2) is 5.16 Å². The summed E-state index contributed by atoms with van der Waals surface area (Å²) in [6, 6.07) is 27.5. The number of aromatic nitrogens is 3. The molecule has 6 heteroatoms. The molecule has 0 aliphatic carbocycles. The molecule has 0 bridgehead atoms. The number of nitrogens with zero attached hydrogens (tertiary/aromatic N) is 2. The highest BCUT2D eigenvalue weighted by molar-refractivity contribution is 7.98. The zero-order valence-electron chi connectivity index (χ0n) is 15.7. The number of amides is 1. The van der Waals surface area contributed by atoms with Gasteiger partial charge in [-0.05, 0) is 28.8 Å². The second kappa shape index (κ2) is 9.21. The maximum absolute atomic E-state index is 12.9. The van der Waals surface area contributed by atoms with Crippen LogP contribution < -0.4 is 5.32 Å². The summed E-state index contributed by atoms with van der Waals surface area (Å²) < 4.78 is 0. The van der Waals surface area contributed by atoms with Crippen molar-refractivity contribution in [3.05, 3.63) is 114 Å². The first-order chi connectivity index (χ1) is 14.3. The van der Waals surface area contributed by atoms with Crippen LogP contribution in [0.15, 0.2) is 96.4 Å². The van der Waals surface area contributed by atoms with Gasteiger partial charge in [-0.15, -0.1) is 0 Å². The van der Waals surface area contributed by atoms with Crippen LogP contribution in [0.2, 0.25) is 0 Å². The molecule has 0 atom stereocenters. The largest absolute Gasteiger partial charge is 0.341 e. The zero-order chi connectivity index (χ0) is 19.9. The fourth-order valence-electron chi connectivity index (χ4n) is 3.03. The van der Waals surface area contributed by atoms with Crippen molar-refractivity contribution >= 4 is 17.7 Å². The first kappa shape index (κ1) is 19.0. The summed E-state index contributed by atoms with van der Waals surface area (Å²) in [6.07, 6.45) is 1.49. The lowest BCUT2D eigenvalue weighted by Gasteiger charge is -2.20. The Balaban J connectivity index is 1.47. The average molecular weight is 401 g/mol. The fourth-order valence-corrected chi connectivity index (χ4v) is 3.77. The van der Waals surface area contributed by atoms with Gasteiger partial charge in [-0.3, -0.25) is 9.89 Å². The Labute approximate surface area is 173 Å². The second-order valence-corrected chi connectivity index (χ2v) is 7.47. The Hall–Kier alpha value is -3.38. The number of aromatic amines is 1. The summed E-state index contributed by atoms with van der Waals surface area (Å²) >= 11 is 1.57. The lowest BCUT2D eigenvalue weighted by atomic mass is 9.98. The minimum atomic E-state index is -0.202. The van der Waals surface area contributed by atoms with Crippen LogP contribution in [0.5, 0.6) is 0 Å². The van der Waals surface area contributed by atoms with Crippen LogP contribution in [-0.4, -0.2) is 21.1 Å². The number of carbonyl (C=O) groups is 1. The Morgan fingerprint density at radius 3 is 2.07 bits per heavy atom. The van der Waals surface area contributed by atoms with Crippen LogP contribution in [0.1, 0.15) is 33.1 Å². The van der Waals surface area contributed by atoms with Gasteiger partial charge in [-0.25, -0.2) is 4.98 Å². The minimum absolute atomic E-state index is 0.0999. The maximum Gasteiger partial charge on any atom is 0.252 e. The Morgan fingerprint density at radius 1 is 0.897 bits per heavy atom. The van der Waals surface area contributed by atoms with Crippen molar-refractivity contribution in [2.45, 2.75) is 17.0 Å². The van der Waals surface area contributed by atoms with Gasteiger partial charge in [0.1, 0.15) is 6.33 Å². The second-order valence-electron chi connectivity index (χ2n) is 6.50. The summed E-state index contributed by atoms with van der Waals surface area (Å²) in [6.45, 7) is 0. The van der Waals surface area contributed by atoms with Crippen LogP contribution in [0.4, 0.5) is 0 Å². The highest BCUT2D eigenvalue weighted by atomic mass is 32.2. The third-order valence-corrected chi connectivity index (χ3v) is 5.47. The van der Waals surface area contributed by atoms with E-state index >= 15 is 0 Å². The number of H-pyrrole nitrogens is 1. The summed E-state index contributed by atoms with van der Waals surface area (Å²) in [5, 5.41) is 10.6. The molecule has 0 spiro atoms. The van der Waals surface area contributed by atoms with Gasteiger partial charge in [0.05, 0.1) is 6.04 Å². The molecule has 0 fully saturated rings. The first-order valence-electron chi connectivity index (χ1n) is 9.27. The topological polar surface area (TPSA) is 70.7 Å². The summed E-state index contributed by atoms with van der Waals surface area (Å²) in [7, 11) is 0. The van der Waals surface area contributed by atoms with E-state index in [1.807, 2.05) is 84.9 Å². The van der Waals surface area contributed by atoms with E-state index in [1.54, 1.807) is 11.8 Å². The zero-order valence-corrected chi connectivity index (χ0v) is 16.5. The maximum atomic E-state index is 12.9. The lowest BCUT2D eigenvalue weighted by Crippen LogP contribution is -2.29. The molecule has 0 aliphatic rings. The molecule has 2 N–H and O–H groups in total. The smallest absolute Gasteiger partial charge is 0.252 e. The van der Waals surface area contributed by atoms with Crippen LogP contribution in [0.3, 0.4) is 0 Å². The van der Waals surface area contributed by atoms with Gasteiger partial charge in [0.2, 0.25) is 0 Å². The number of rotatable bonds is 7. The monoisotopic (exact) mass is 400 g/mol. The number of nitrogens with one attached hydrogen (secondary N) is 2. The minimum Gasteiger partial charge on any atom is -0.341 e. The van der Waals surface area contributed by atoms with E-state index in [-0.39, 0.29) is 11.9 Å². The molecular weight excluding hydrogens is 380 g/mol. The Morgan fingerprint density at radius 2 is 1.52 bits per heavy atom. The van der Waals surface area contributed by atoms with E-state index in [2.05, 4.69) is 20.5 Å². The van der Waals surface area contributed by atoms with Gasteiger partial charge in [0.25, 0.3) is 5.91 Å². The van der Waals surface area contributed by atoms with Gasteiger partial charge in [0, 0.05) is 11.3 Å². The SMILES string of the molecule is O=C(NC(c1ccccc1)c1ccccc1)c1ccc(CSc2ncn[nH]2)cc1. The van der Waals surface area contributed by atoms with Crippen molar-refractivity contribution < 1.29 is 4.79 Å². The molecule has 5 nitrogen and oxygen atoms in total. The number of hydrogen-bond acceptors (Lipinski definition) is 4. The standard InChI is InChI=1S/C23H20N4OS/c28-22(20-13-11-17(12-14-20)15-29-23-24-16-25-27-23)26-21(18-7-3-1-4-8-18)19-9-5-2-6-10-19/h1-14,16,21H,15H2,(H,26,28)(H,24,25,27).